The molecule has 112 valence electrons. The third kappa shape index (κ3) is 4.46. The van der Waals surface area contributed by atoms with Gasteiger partial charge < -0.3 is 15.0 Å². The number of ether oxygens (including phenoxy) is 1. The van der Waals surface area contributed by atoms with Crippen LogP contribution in [0, 0.1) is 5.82 Å². The maximum Gasteiger partial charge on any atom is 0.146 e. The molecular weight excluding hydrogens is 255 g/mol. The first-order valence-electron chi connectivity index (χ1n) is 7.54. The third-order valence-corrected chi connectivity index (χ3v) is 3.77. The third-order valence-electron chi connectivity index (χ3n) is 3.77. The molecule has 0 spiro atoms. The first kappa shape index (κ1) is 15.3. The number of hydrogen-bond acceptors (Lipinski definition) is 3. The van der Waals surface area contributed by atoms with E-state index in [9.17, 15) is 4.39 Å². The van der Waals surface area contributed by atoms with E-state index < -0.39 is 0 Å². The Morgan fingerprint density at radius 3 is 2.65 bits per heavy atom. The highest BCUT2D eigenvalue weighted by Gasteiger charge is 2.14. The molecule has 0 aromatic heterocycles. The fourth-order valence-electron chi connectivity index (χ4n) is 2.63. The van der Waals surface area contributed by atoms with E-state index in [0.29, 0.717) is 6.61 Å². The summed E-state index contributed by atoms with van der Waals surface area (Å²) in [6, 6.07) is 5.43. The van der Waals surface area contributed by atoms with Crippen LogP contribution in [0.15, 0.2) is 18.2 Å². The number of benzene rings is 1. The van der Waals surface area contributed by atoms with E-state index in [0.717, 1.165) is 50.3 Å². The average Bonchev–Trinajstić information content (AvgIpc) is 2.74. The van der Waals surface area contributed by atoms with Gasteiger partial charge in [-0.25, -0.2) is 4.39 Å². The number of hydrogen-bond donors (Lipinski definition) is 1. The molecule has 1 aliphatic rings. The van der Waals surface area contributed by atoms with E-state index in [1.165, 1.54) is 12.8 Å². The van der Waals surface area contributed by atoms with Crippen LogP contribution >= 0.6 is 0 Å². The molecule has 20 heavy (non-hydrogen) atoms. The SMILES string of the molecule is COCCNCc1ccc(F)c(N2CCCCCC2)c1. The molecule has 1 saturated heterocycles. The van der Waals surface area contributed by atoms with Gasteiger partial charge in [-0.05, 0) is 30.5 Å². The summed E-state index contributed by atoms with van der Waals surface area (Å²) >= 11 is 0. The van der Waals surface area contributed by atoms with Gasteiger partial charge in [0.1, 0.15) is 5.82 Å². The second-order valence-corrected chi connectivity index (χ2v) is 5.36. The van der Waals surface area contributed by atoms with Crippen molar-refractivity contribution in [2.45, 2.75) is 32.2 Å². The normalized spacial score (nSPS) is 16.2. The van der Waals surface area contributed by atoms with Gasteiger partial charge in [0.05, 0.1) is 12.3 Å². The Kier molecular flexibility index (Phi) is 6.27. The Morgan fingerprint density at radius 2 is 1.95 bits per heavy atom. The predicted molar refractivity (Wildman–Crippen MR) is 80.7 cm³/mol. The van der Waals surface area contributed by atoms with Gasteiger partial charge in [-0.1, -0.05) is 18.9 Å². The molecule has 1 aromatic carbocycles. The van der Waals surface area contributed by atoms with Crippen molar-refractivity contribution in [1.82, 2.24) is 5.32 Å². The lowest BCUT2D eigenvalue weighted by atomic mass is 10.1. The molecule has 1 fully saturated rings. The lowest BCUT2D eigenvalue weighted by molar-refractivity contribution is 0.199. The lowest BCUT2D eigenvalue weighted by Crippen LogP contribution is -2.25. The second kappa shape index (κ2) is 8.22. The average molecular weight is 280 g/mol. The minimum Gasteiger partial charge on any atom is -0.383 e. The highest BCUT2D eigenvalue weighted by atomic mass is 19.1. The molecule has 0 unspecified atom stereocenters. The summed E-state index contributed by atoms with van der Waals surface area (Å²) in [5.74, 6) is -0.104. The molecule has 3 nitrogen and oxygen atoms in total. The number of methoxy groups -OCH3 is 1. The lowest BCUT2D eigenvalue weighted by Gasteiger charge is -2.23. The van der Waals surface area contributed by atoms with Crippen LogP contribution in [0.25, 0.3) is 0 Å². The van der Waals surface area contributed by atoms with Gasteiger partial charge in [0.25, 0.3) is 0 Å². The van der Waals surface area contributed by atoms with Crippen LogP contribution in [0.4, 0.5) is 10.1 Å². The van der Waals surface area contributed by atoms with E-state index >= 15 is 0 Å². The van der Waals surface area contributed by atoms with Crippen LogP contribution in [0.1, 0.15) is 31.2 Å². The number of nitrogens with one attached hydrogen (secondary N) is 1. The minimum atomic E-state index is -0.104. The van der Waals surface area contributed by atoms with Gasteiger partial charge in [0.15, 0.2) is 0 Å². The Balaban J connectivity index is 1.99. The van der Waals surface area contributed by atoms with Crippen LogP contribution in [-0.2, 0) is 11.3 Å². The van der Waals surface area contributed by atoms with Gasteiger partial charge in [-0.2, -0.15) is 0 Å². The molecule has 0 aliphatic carbocycles. The highest BCUT2D eigenvalue weighted by molar-refractivity contribution is 5.50. The van der Waals surface area contributed by atoms with Gasteiger partial charge in [-0.15, -0.1) is 0 Å². The smallest absolute Gasteiger partial charge is 0.146 e. The maximum atomic E-state index is 14.0. The zero-order valence-corrected chi connectivity index (χ0v) is 12.3. The van der Waals surface area contributed by atoms with Crippen LogP contribution in [0.3, 0.4) is 0 Å². The Hall–Kier alpha value is -1.13. The summed E-state index contributed by atoms with van der Waals surface area (Å²) in [6.45, 7) is 4.20. The molecule has 0 saturated carbocycles. The van der Waals surface area contributed by atoms with Crippen molar-refractivity contribution in [3.8, 4) is 0 Å². The zero-order chi connectivity index (χ0) is 14.2. The Labute approximate surface area is 121 Å². The summed E-state index contributed by atoms with van der Waals surface area (Å²) in [4.78, 5) is 2.20. The van der Waals surface area contributed by atoms with Crippen molar-refractivity contribution in [3.05, 3.63) is 29.6 Å². The summed E-state index contributed by atoms with van der Waals surface area (Å²) in [7, 11) is 1.69. The van der Waals surface area contributed by atoms with Gasteiger partial charge in [0, 0.05) is 33.3 Å². The fourth-order valence-corrected chi connectivity index (χ4v) is 2.63. The van der Waals surface area contributed by atoms with Crippen LogP contribution in [0.5, 0.6) is 0 Å². The molecule has 4 heteroatoms. The van der Waals surface area contributed by atoms with Gasteiger partial charge in [-0.3, -0.25) is 0 Å². The molecular formula is C16H25FN2O. The predicted octanol–water partition coefficient (Wildman–Crippen LogP) is 2.94. The molecule has 1 aromatic rings. The van der Waals surface area contributed by atoms with E-state index in [1.807, 2.05) is 12.1 Å². The van der Waals surface area contributed by atoms with E-state index in [4.69, 9.17) is 4.74 Å². The van der Waals surface area contributed by atoms with Gasteiger partial charge >= 0.3 is 0 Å². The largest absolute Gasteiger partial charge is 0.383 e. The van der Waals surface area contributed by atoms with Crippen molar-refractivity contribution in [2.24, 2.45) is 0 Å². The molecule has 0 amide bonds. The van der Waals surface area contributed by atoms with Gasteiger partial charge in [0.2, 0.25) is 0 Å². The van der Waals surface area contributed by atoms with Crippen LogP contribution in [0.2, 0.25) is 0 Å². The molecule has 2 rings (SSSR count). The van der Waals surface area contributed by atoms with E-state index in [2.05, 4.69) is 10.2 Å². The molecule has 1 heterocycles. The molecule has 0 radical (unpaired) electrons. The summed E-state index contributed by atoms with van der Waals surface area (Å²) in [5, 5.41) is 3.30. The minimum absolute atomic E-state index is 0.104. The summed E-state index contributed by atoms with van der Waals surface area (Å²) in [5.41, 5.74) is 1.89. The monoisotopic (exact) mass is 280 g/mol. The molecule has 0 bridgehead atoms. The zero-order valence-electron chi connectivity index (χ0n) is 12.3. The number of halogens is 1. The van der Waals surface area contributed by atoms with Crippen molar-refractivity contribution in [2.75, 3.05) is 38.3 Å². The van der Waals surface area contributed by atoms with Crippen molar-refractivity contribution < 1.29 is 9.13 Å². The summed E-state index contributed by atoms with van der Waals surface area (Å²) in [6.07, 6.45) is 4.85. The second-order valence-electron chi connectivity index (χ2n) is 5.36. The highest BCUT2D eigenvalue weighted by Crippen LogP contribution is 2.24. The van der Waals surface area contributed by atoms with Crippen molar-refractivity contribution >= 4 is 5.69 Å². The van der Waals surface area contributed by atoms with E-state index in [1.54, 1.807) is 13.2 Å². The topological polar surface area (TPSA) is 24.5 Å². The fraction of sp³-hybridized carbons (Fsp3) is 0.625. The maximum absolute atomic E-state index is 14.0. The van der Waals surface area contributed by atoms with E-state index in [-0.39, 0.29) is 5.82 Å². The number of rotatable bonds is 6. The Bertz CT molecular complexity index is 403. The molecule has 0 atom stereocenters. The number of anilines is 1. The Morgan fingerprint density at radius 1 is 1.20 bits per heavy atom. The number of nitrogens with zero attached hydrogens (tertiary/aromatic N) is 1. The standard InChI is InChI=1S/C16H25FN2O/c1-20-11-8-18-13-14-6-7-15(17)16(12-14)19-9-4-2-3-5-10-19/h6-7,12,18H,2-5,8-11,13H2,1H3. The quantitative estimate of drug-likeness (QED) is 0.811. The molecule has 1 aliphatic heterocycles. The first-order valence-corrected chi connectivity index (χ1v) is 7.54. The van der Waals surface area contributed by atoms with Crippen LogP contribution < -0.4 is 10.2 Å². The van der Waals surface area contributed by atoms with Crippen molar-refractivity contribution in [1.29, 1.82) is 0 Å². The van der Waals surface area contributed by atoms with Crippen molar-refractivity contribution in [3.63, 3.8) is 0 Å². The molecule has 1 N–H and O–H groups in total. The first-order chi connectivity index (χ1) is 9.81. The van der Waals surface area contributed by atoms with Crippen LogP contribution in [-0.4, -0.2) is 33.4 Å². The summed E-state index contributed by atoms with van der Waals surface area (Å²) < 4.78 is 19.0.